The molecule has 0 fully saturated rings. The largest absolute Gasteiger partial charge is 0.399 e. The fraction of sp³-hybridized carbons (Fsp3) is 0.442. The number of aryl methyl sites for hydroxylation is 4. The minimum Gasteiger partial charge on any atom is -0.399 e. The second-order valence-electron chi connectivity index (χ2n) is 13.2. The van der Waals surface area contributed by atoms with Gasteiger partial charge in [-0.2, -0.15) is 0 Å². The summed E-state index contributed by atoms with van der Waals surface area (Å²) in [7, 11) is 0. The average Bonchev–Trinajstić information content (AvgIpc) is 3.05. The predicted molar refractivity (Wildman–Crippen MR) is 197 cm³/mol. The Labute approximate surface area is 274 Å². The van der Waals surface area contributed by atoms with Crippen LogP contribution in [0.15, 0.2) is 84.9 Å². The molecule has 240 valence electrons. The molecule has 2 heteroatoms. The van der Waals surface area contributed by atoms with E-state index in [0.29, 0.717) is 0 Å². The maximum absolute atomic E-state index is 6.14. The van der Waals surface area contributed by atoms with Crippen LogP contribution in [0.4, 0.5) is 11.4 Å². The number of nitrogens with two attached hydrogens (primary N) is 2. The van der Waals surface area contributed by atoms with Gasteiger partial charge in [-0.05, 0) is 108 Å². The molecule has 0 atom stereocenters. The van der Waals surface area contributed by atoms with Crippen LogP contribution in [0.1, 0.15) is 129 Å². The van der Waals surface area contributed by atoms with Gasteiger partial charge in [0.2, 0.25) is 0 Å². The summed E-state index contributed by atoms with van der Waals surface area (Å²) in [6.07, 6.45) is 20.9. The summed E-state index contributed by atoms with van der Waals surface area (Å²) >= 11 is 0. The lowest BCUT2D eigenvalue weighted by molar-refractivity contribution is 0.558. The van der Waals surface area contributed by atoms with Crippen LogP contribution in [0.3, 0.4) is 0 Å². The molecule has 2 nitrogen and oxygen atoms in total. The Bertz CT molecular complexity index is 1290. The molecule has 0 heterocycles. The normalized spacial score (nSPS) is 11.2. The molecule has 0 spiro atoms. The molecule has 4 aromatic rings. The Morgan fingerprint density at radius 1 is 0.356 bits per heavy atom. The Hall–Kier alpha value is -3.52. The fourth-order valence-corrected chi connectivity index (χ4v) is 6.52. The Balaban J connectivity index is 1.01. The lowest BCUT2D eigenvalue weighted by atomic mass is 9.98. The van der Waals surface area contributed by atoms with Crippen molar-refractivity contribution in [2.24, 2.45) is 0 Å². The summed E-state index contributed by atoms with van der Waals surface area (Å²) in [5.74, 6) is 0. The number of hydrogen-bond acceptors (Lipinski definition) is 2. The molecule has 0 aliphatic heterocycles. The van der Waals surface area contributed by atoms with Crippen LogP contribution in [-0.2, 0) is 38.5 Å². The van der Waals surface area contributed by atoms with Crippen molar-refractivity contribution >= 4 is 11.4 Å². The van der Waals surface area contributed by atoms with Gasteiger partial charge >= 0.3 is 0 Å². The van der Waals surface area contributed by atoms with Crippen molar-refractivity contribution in [2.75, 3.05) is 11.5 Å². The SMILES string of the molecule is CCCc1cc(Cc2ccc(CCCCCCCCCCCc3ccc(Cc4ccc(N)c(CCC)c4)cc3)cc2)ccc1N. The molecule has 4 aromatic carbocycles. The molecule has 0 amide bonds. The first kappa shape index (κ1) is 34.4. The second-order valence-corrected chi connectivity index (χ2v) is 13.2. The van der Waals surface area contributed by atoms with Crippen molar-refractivity contribution in [1.29, 1.82) is 0 Å². The van der Waals surface area contributed by atoms with Crippen molar-refractivity contribution in [3.8, 4) is 0 Å². The summed E-state index contributed by atoms with van der Waals surface area (Å²) in [4.78, 5) is 0. The molecule has 0 unspecified atom stereocenters. The zero-order valence-corrected chi connectivity index (χ0v) is 28.3. The van der Waals surface area contributed by atoms with E-state index in [0.717, 1.165) is 49.9 Å². The molecule has 0 saturated heterocycles. The highest BCUT2D eigenvalue weighted by Gasteiger charge is 2.05. The van der Waals surface area contributed by atoms with Gasteiger partial charge in [-0.1, -0.05) is 144 Å². The molecule has 0 radical (unpaired) electrons. The summed E-state index contributed by atoms with van der Waals surface area (Å²) in [5.41, 5.74) is 25.1. The molecule has 0 saturated carbocycles. The van der Waals surface area contributed by atoms with Gasteiger partial charge in [-0.15, -0.1) is 0 Å². The minimum atomic E-state index is 0.927. The zero-order chi connectivity index (χ0) is 31.7. The Morgan fingerprint density at radius 3 is 1.02 bits per heavy atom. The highest BCUT2D eigenvalue weighted by Crippen LogP contribution is 2.21. The molecule has 0 aromatic heterocycles. The van der Waals surface area contributed by atoms with E-state index in [2.05, 4.69) is 98.8 Å². The van der Waals surface area contributed by atoms with E-state index in [4.69, 9.17) is 11.5 Å². The third kappa shape index (κ3) is 12.1. The maximum atomic E-state index is 6.14. The molecule has 0 aliphatic carbocycles. The van der Waals surface area contributed by atoms with Crippen molar-refractivity contribution in [1.82, 2.24) is 0 Å². The molecule has 0 bridgehead atoms. The van der Waals surface area contributed by atoms with Gasteiger partial charge in [0.05, 0.1) is 0 Å². The summed E-state index contributed by atoms with van der Waals surface area (Å²) in [6, 6.07) is 31.6. The minimum absolute atomic E-state index is 0.927. The Morgan fingerprint density at radius 2 is 0.667 bits per heavy atom. The standard InChI is InChI=1S/C43H58N2/c1-3-14-40-32-38(26-28-42(40)44)30-36-22-18-34(19-23-36)16-12-10-8-6-5-7-9-11-13-17-35-20-24-37(25-21-35)31-39-27-29-43(45)41(33-39)15-4-2/h18-29,32-33H,3-17,30-31,44-45H2,1-2H3. The highest BCUT2D eigenvalue weighted by atomic mass is 14.6. The summed E-state index contributed by atoms with van der Waals surface area (Å²) < 4.78 is 0. The van der Waals surface area contributed by atoms with Crippen LogP contribution in [0.25, 0.3) is 0 Å². The van der Waals surface area contributed by atoms with Gasteiger partial charge < -0.3 is 11.5 Å². The highest BCUT2D eigenvalue weighted by molar-refractivity contribution is 5.50. The van der Waals surface area contributed by atoms with E-state index in [1.54, 1.807) is 0 Å². The monoisotopic (exact) mass is 602 g/mol. The van der Waals surface area contributed by atoms with Crippen molar-refractivity contribution in [3.63, 3.8) is 0 Å². The molecular formula is C43H58N2. The first-order valence-electron chi connectivity index (χ1n) is 17.9. The first-order valence-corrected chi connectivity index (χ1v) is 17.9. The number of anilines is 2. The number of nitrogen functional groups attached to an aromatic ring is 2. The van der Waals surface area contributed by atoms with Gasteiger partial charge in [0, 0.05) is 11.4 Å². The maximum Gasteiger partial charge on any atom is 0.0346 e. The number of hydrogen-bond donors (Lipinski definition) is 2. The van der Waals surface area contributed by atoms with E-state index < -0.39 is 0 Å². The molecule has 4 rings (SSSR count). The van der Waals surface area contributed by atoms with Gasteiger partial charge in [0.15, 0.2) is 0 Å². The molecule has 45 heavy (non-hydrogen) atoms. The Kier molecular flexibility index (Phi) is 14.6. The first-order chi connectivity index (χ1) is 22.0. The quantitative estimate of drug-likeness (QED) is 0.0781. The summed E-state index contributed by atoms with van der Waals surface area (Å²) in [6.45, 7) is 4.42. The van der Waals surface area contributed by atoms with Crippen molar-refractivity contribution in [3.05, 3.63) is 129 Å². The van der Waals surface area contributed by atoms with Crippen LogP contribution in [0.2, 0.25) is 0 Å². The van der Waals surface area contributed by atoms with E-state index in [1.807, 2.05) is 0 Å². The number of rotatable bonds is 20. The van der Waals surface area contributed by atoms with E-state index in [-0.39, 0.29) is 0 Å². The molecule has 4 N–H and O–H groups in total. The van der Waals surface area contributed by atoms with Crippen LogP contribution in [0, 0.1) is 0 Å². The average molecular weight is 603 g/mol. The molecule has 0 aliphatic rings. The fourth-order valence-electron chi connectivity index (χ4n) is 6.52. The van der Waals surface area contributed by atoms with Crippen LogP contribution < -0.4 is 11.5 Å². The van der Waals surface area contributed by atoms with E-state index in [1.165, 1.54) is 115 Å². The van der Waals surface area contributed by atoms with Crippen LogP contribution >= 0.6 is 0 Å². The number of unbranched alkanes of at least 4 members (excludes halogenated alkanes) is 8. The lowest BCUT2D eigenvalue weighted by Crippen LogP contribution is -1.97. The van der Waals surface area contributed by atoms with Gasteiger partial charge in [-0.3, -0.25) is 0 Å². The van der Waals surface area contributed by atoms with E-state index >= 15 is 0 Å². The van der Waals surface area contributed by atoms with Crippen molar-refractivity contribution < 1.29 is 0 Å². The summed E-state index contributed by atoms with van der Waals surface area (Å²) in [5, 5.41) is 0. The topological polar surface area (TPSA) is 52.0 Å². The van der Waals surface area contributed by atoms with Crippen molar-refractivity contribution in [2.45, 2.75) is 123 Å². The lowest BCUT2D eigenvalue weighted by Gasteiger charge is -2.09. The molecular weight excluding hydrogens is 544 g/mol. The van der Waals surface area contributed by atoms with E-state index in [9.17, 15) is 0 Å². The second kappa shape index (κ2) is 19.1. The van der Waals surface area contributed by atoms with Gasteiger partial charge in [-0.25, -0.2) is 0 Å². The van der Waals surface area contributed by atoms with Gasteiger partial charge in [0.25, 0.3) is 0 Å². The van der Waals surface area contributed by atoms with Crippen LogP contribution in [-0.4, -0.2) is 0 Å². The smallest absolute Gasteiger partial charge is 0.0346 e. The van der Waals surface area contributed by atoms with Gasteiger partial charge in [0.1, 0.15) is 0 Å². The van der Waals surface area contributed by atoms with Crippen LogP contribution in [0.5, 0.6) is 0 Å². The predicted octanol–water partition coefficient (Wildman–Crippen LogP) is 11.2. The third-order valence-electron chi connectivity index (χ3n) is 9.25. The third-order valence-corrected chi connectivity index (χ3v) is 9.25. The number of benzene rings is 4. The zero-order valence-electron chi connectivity index (χ0n) is 28.3.